The van der Waals surface area contributed by atoms with Gasteiger partial charge in [-0.05, 0) is 18.2 Å². The molecule has 1 rings (SSSR count). The highest BCUT2D eigenvalue weighted by Crippen LogP contribution is 2.29. The van der Waals surface area contributed by atoms with Crippen LogP contribution >= 0.6 is 11.6 Å². The Labute approximate surface area is 99.3 Å². The van der Waals surface area contributed by atoms with Gasteiger partial charge in [-0.25, -0.2) is 0 Å². The summed E-state index contributed by atoms with van der Waals surface area (Å²) >= 11 is 5.87. The van der Waals surface area contributed by atoms with E-state index in [1.54, 1.807) is 18.2 Å². The van der Waals surface area contributed by atoms with Gasteiger partial charge in [-0.1, -0.05) is 11.6 Å². The van der Waals surface area contributed by atoms with Gasteiger partial charge in [-0.15, -0.1) is 0 Å². The first-order valence-corrected chi connectivity index (χ1v) is 5.13. The number of hydrogen-bond acceptors (Lipinski definition) is 4. The van der Waals surface area contributed by atoms with Crippen molar-refractivity contribution in [1.29, 1.82) is 0 Å². The second-order valence-electron chi connectivity index (χ2n) is 3.20. The van der Waals surface area contributed by atoms with Crippen LogP contribution in [-0.4, -0.2) is 26.7 Å². The highest BCUT2D eigenvalue weighted by molar-refractivity contribution is 6.30. The molecule has 0 saturated carbocycles. The van der Waals surface area contributed by atoms with Gasteiger partial charge in [-0.3, -0.25) is 4.79 Å². The van der Waals surface area contributed by atoms with Gasteiger partial charge >= 0.3 is 5.97 Å². The number of carbonyl (C=O) groups excluding carboxylic acids is 1. The highest BCUT2D eigenvalue weighted by atomic mass is 35.5. The first-order valence-electron chi connectivity index (χ1n) is 4.75. The van der Waals surface area contributed by atoms with E-state index in [0.29, 0.717) is 16.3 Å². The van der Waals surface area contributed by atoms with E-state index in [1.807, 2.05) is 0 Å². The van der Waals surface area contributed by atoms with Crippen LogP contribution in [0.5, 0.6) is 5.75 Å². The number of nitrogens with two attached hydrogens (primary N) is 1. The molecular formula is C11H14ClNO3. The van der Waals surface area contributed by atoms with Crippen LogP contribution in [0.2, 0.25) is 5.02 Å². The SMILES string of the molecule is COC(=O)C(CN)c1cc(Cl)ccc1OC. The molecule has 0 aliphatic heterocycles. The summed E-state index contributed by atoms with van der Waals surface area (Å²) in [5, 5.41) is 0.526. The van der Waals surface area contributed by atoms with Crippen molar-refractivity contribution in [2.45, 2.75) is 5.92 Å². The quantitative estimate of drug-likeness (QED) is 0.816. The number of methoxy groups -OCH3 is 2. The van der Waals surface area contributed by atoms with E-state index in [4.69, 9.17) is 22.1 Å². The van der Waals surface area contributed by atoms with Gasteiger partial charge in [-0.2, -0.15) is 0 Å². The van der Waals surface area contributed by atoms with Gasteiger partial charge in [0.2, 0.25) is 0 Å². The summed E-state index contributed by atoms with van der Waals surface area (Å²) < 4.78 is 9.84. The number of hydrogen-bond donors (Lipinski definition) is 1. The summed E-state index contributed by atoms with van der Waals surface area (Å²) in [5.41, 5.74) is 6.20. The highest BCUT2D eigenvalue weighted by Gasteiger charge is 2.23. The van der Waals surface area contributed by atoms with Crippen LogP contribution in [0.4, 0.5) is 0 Å². The Bertz CT molecular complexity index is 381. The lowest BCUT2D eigenvalue weighted by Gasteiger charge is -2.16. The van der Waals surface area contributed by atoms with Crippen LogP contribution in [-0.2, 0) is 9.53 Å². The molecule has 0 radical (unpaired) electrons. The molecule has 16 heavy (non-hydrogen) atoms. The van der Waals surface area contributed by atoms with E-state index in [2.05, 4.69) is 4.74 Å². The minimum Gasteiger partial charge on any atom is -0.496 e. The average Bonchev–Trinajstić information content (AvgIpc) is 2.30. The number of ether oxygens (including phenoxy) is 2. The molecule has 1 atom stereocenters. The normalized spacial score (nSPS) is 12.0. The summed E-state index contributed by atoms with van der Waals surface area (Å²) in [6.07, 6.45) is 0. The topological polar surface area (TPSA) is 61.5 Å². The summed E-state index contributed by atoms with van der Waals surface area (Å²) in [4.78, 5) is 11.5. The lowest BCUT2D eigenvalue weighted by Crippen LogP contribution is -2.23. The Morgan fingerprint density at radius 3 is 2.69 bits per heavy atom. The predicted octanol–water partition coefficient (Wildman–Crippen LogP) is 1.56. The van der Waals surface area contributed by atoms with E-state index in [-0.39, 0.29) is 6.54 Å². The van der Waals surface area contributed by atoms with Crippen LogP contribution in [0.1, 0.15) is 11.5 Å². The summed E-state index contributed by atoms with van der Waals surface area (Å²) in [7, 11) is 2.85. The molecule has 0 fully saturated rings. The van der Waals surface area contributed by atoms with Crippen molar-refractivity contribution < 1.29 is 14.3 Å². The minimum absolute atomic E-state index is 0.142. The fourth-order valence-corrected chi connectivity index (χ4v) is 1.65. The zero-order chi connectivity index (χ0) is 12.1. The molecule has 0 bridgehead atoms. The minimum atomic E-state index is -0.557. The molecule has 0 heterocycles. The average molecular weight is 244 g/mol. The van der Waals surface area contributed by atoms with Crippen molar-refractivity contribution in [1.82, 2.24) is 0 Å². The second kappa shape index (κ2) is 5.72. The molecular weight excluding hydrogens is 230 g/mol. The largest absolute Gasteiger partial charge is 0.496 e. The molecule has 88 valence electrons. The van der Waals surface area contributed by atoms with Crippen LogP contribution in [0.3, 0.4) is 0 Å². The molecule has 2 N–H and O–H groups in total. The molecule has 0 spiro atoms. The molecule has 0 amide bonds. The Hall–Kier alpha value is -1.26. The number of benzene rings is 1. The van der Waals surface area contributed by atoms with E-state index >= 15 is 0 Å². The van der Waals surface area contributed by atoms with Gasteiger partial charge in [0.1, 0.15) is 5.75 Å². The van der Waals surface area contributed by atoms with Crippen molar-refractivity contribution in [3.8, 4) is 5.75 Å². The molecule has 5 heteroatoms. The van der Waals surface area contributed by atoms with E-state index in [1.165, 1.54) is 14.2 Å². The Balaban J connectivity index is 3.17. The smallest absolute Gasteiger partial charge is 0.314 e. The van der Waals surface area contributed by atoms with Crippen LogP contribution < -0.4 is 10.5 Å². The van der Waals surface area contributed by atoms with E-state index in [9.17, 15) is 4.79 Å². The zero-order valence-corrected chi connectivity index (χ0v) is 9.95. The first kappa shape index (κ1) is 12.8. The fraction of sp³-hybridized carbons (Fsp3) is 0.364. The standard InChI is InChI=1S/C11H14ClNO3/c1-15-10-4-3-7(12)5-8(10)9(6-13)11(14)16-2/h3-5,9H,6,13H2,1-2H3. The second-order valence-corrected chi connectivity index (χ2v) is 3.63. The van der Waals surface area contributed by atoms with E-state index < -0.39 is 11.9 Å². The van der Waals surface area contributed by atoms with Gasteiger partial charge < -0.3 is 15.2 Å². The molecule has 0 aliphatic carbocycles. The van der Waals surface area contributed by atoms with Crippen LogP contribution in [0.15, 0.2) is 18.2 Å². The zero-order valence-electron chi connectivity index (χ0n) is 9.20. The lowest BCUT2D eigenvalue weighted by atomic mass is 9.98. The third-order valence-corrected chi connectivity index (χ3v) is 2.52. The van der Waals surface area contributed by atoms with Crippen LogP contribution in [0.25, 0.3) is 0 Å². The van der Waals surface area contributed by atoms with Gasteiger partial charge in [0, 0.05) is 17.1 Å². The Morgan fingerprint density at radius 1 is 1.50 bits per heavy atom. The van der Waals surface area contributed by atoms with Crippen molar-refractivity contribution in [2.75, 3.05) is 20.8 Å². The third kappa shape index (κ3) is 2.65. The maximum atomic E-state index is 11.5. The van der Waals surface area contributed by atoms with Crippen molar-refractivity contribution in [3.05, 3.63) is 28.8 Å². The summed E-state index contributed by atoms with van der Waals surface area (Å²) in [6, 6.07) is 5.05. The van der Waals surface area contributed by atoms with Crippen molar-refractivity contribution >= 4 is 17.6 Å². The summed E-state index contributed by atoms with van der Waals surface area (Å²) in [5.74, 6) is -0.382. The molecule has 1 aromatic carbocycles. The molecule has 4 nitrogen and oxygen atoms in total. The summed E-state index contributed by atoms with van der Waals surface area (Å²) in [6.45, 7) is 0.142. The van der Waals surface area contributed by atoms with Gasteiger partial charge in [0.25, 0.3) is 0 Å². The molecule has 0 aromatic heterocycles. The van der Waals surface area contributed by atoms with Crippen molar-refractivity contribution in [3.63, 3.8) is 0 Å². The monoisotopic (exact) mass is 243 g/mol. The first-order chi connectivity index (χ1) is 7.63. The predicted molar refractivity (Wildman–Crippen MR) is 61.8 cm³/mol. The van der Waals surface area contributed by atoms with E-state index in [0.717, 1.165) is 0 Å². The fourth-order valence-electron chi connectivity index (χ4n) is 1.47. The number of halogens is 1. The van der Waals surface area contributed by atoms with Crippen LogP contribution in [0, 0.1) is 0 Å². The maximum absolute atomic E-state index is 11.5. The third-order valence-electron chi connectivity index (χ3n) is 2.29. The number of esters is 1. The van der Waals surface area contributed by atoms with Gasteiger partial charge in [0.05, 0.1) is 20.1 Å². The number of rotatable bonds is 4. The number of carbonyl (C=O) groups is 1. The molecule has 0 aliphatic rings. The molecule has 0 saturated heterocycles. The molecule has 1 unspecified atom stereocenters. The Morgan fingerprint density at radius 2 is 2.19 bits per heavy atom. The maximum Gasteiger partial charge on any atom is 0.314 e. The lowest BCUT2D eigenvalue weighted by molar-refractivity contribution is -0.142. The van der Waals surface area contributed by atoms with Crippen molar-refractivity contribution in [2.24, 2.45) is 5.73 Å². The molecule has 1 aromatic rings. The van der Waals surface area contributed by atoms with Gasteiger partial charge in [0.15, 0.2) is 0 Å². The Kier molecular flexibility index (Phi) is 4.58.